The van der Waals surface area contributed by atoms with Crippen molar-refractivity contribution in [2.24, 2.45) is 5.92 Å². The van der Waals surface area contributed by atoms with E-state index < -0.39 is 0 Å². The summed E-state index contributed by atoms with van der Waals surface area (Å²) in [7, 11) is 0. The van der Waals surface area contributed by atoms with Gasteiger partial charge in [0, 0.05) is 42.1 Å². The van der Waals surface area contributed by atoms with Crippen molar-refractivity contribution in [2.45, 2.75) is 46.1 Å². The third-order valence-electron chi connectivity index (χ3n) is 6.55. The molecule has 0 aliphatic heterocycles. The van der Waals surface area contributed by atoms with Crippen molar-refractivity contribution in [2.75, 3.05) is 19.7 Å². The molecule has 2 amide bonds. The van der Waals surface area contributed by atoms with Crippen LogP contribution < -0.4 is 5.32 Å². The number of hydrogen-bond acceptors (Lipinski definition) is 6. The van der Waals surface area contributed by atoms with Gasteiger partial charge in [0.15, 0.2) is 0 Å². The number of furan rings is 1. The van der Waals surface area contributed by atoms with E-state index in [4.69, 9.17) is 9.15 Å². The van der Waals surface area contributed by atoms with Gasteiger partial charge in [0.2, 0.25) is 11.8 Å². The van der Waals surface area contributed by atoms with Crippen molar-refractivity contribution in [3.8, 4) is 0 Å². The second-order valence-electron chi connectivity index (χ2n) is 9.43. The fourth-order valence-electron chi connectivity index (χ4n) is 4.50. The monoisotopic (exact) mass is 534 g/mol. The maximum Gasteiger partial charge on any atom is 0.305 e. The molecule has 1 unspecified atom stereocenters. The molecule has 0 fully saturated rings. The van der Waals surface area contributed by atoms with Crippen LogP contribution in [0.4, 0.5) is 0 Å². The fraction of sp³-hybridized carbons (Fsp3) is 0.367. The van der Waals surface area contributed by atoms with E-state index in [2.05, 4.69) is 11.4 Å². The molecule has 200 valence electrons. The lowest BCUT2D eigenvalue weighted by Gasteiger charge is -2.26. The van der Waals surface area contributed by atoms with Gasteiger partial charge < -0.3 is 19.4 Å². The number of benzene rings is 2. The molecular formula is C30H34N2O5S. The molecule has 0 radical (unpaired) electrons. The number of amides is 2. The third kappa shape index (κ3) is 7.22. The molecule has 2 aromatic carbocycles. The number of nitrogens with zero attached hydrogens (tertiary/aromatic N) is 1. The zero-order valence-electron chi connectivity index (χ0n) is 21.9. The topological polar surface area (TPSA) is 88.8 Å². The lowest BCUT2D eigenvalue weighted by atomic mass is 10.0. The Morgan fingerprint density at radius 3 is 2.82 bits per heavy atom. The first-order chi connectivity index (χ1) is 18.4. The molecular weight excluding hydrogens is 500 g/mol. The number of ether oxygens (including phenoxy) is 1. The summed E-state index contributed by atoms with van der Waals surface area (Å²) in [5, 5.41) is 7.12. The first-order valence-corrected chi connectivity index (χ1v) is 13.9. The number of carbonyl (C=O) groups excluding carboxylic acids is 3. The second kappa shape index (κ2) is 13.2. The minimum Gasteiger partial charge on any atom is -0.466 e. The van der Waals surface area contributed by atoms with Crippen LogP contribution in [-0.4, -0.2) is 42.4 Å². The number of esters is 1. The van der Waals surface area contributed by atoms with Gasteiger partial charge >= 0.3 is 5.97 Å². The summed E-state index contributed by atoms with van der Waals surface area (Å²) < 4.78 is 11.7. The molecule has 0 aliphatic rings. The Morgan fingerprint density at radius 1 is 1.13 bits per heavy atom. The lowest BCUT2D eigenvalue weighted by Crippen LogP contribution is -2.37. The first-order valence-electron chi connectivity index (χ1n) is 13.1. The maximum atomic E-state index is 13.4. The van der Waals surface area contributed by atoms with Gasteiger partial charge in [-0.1, -0.05) is 37.3 Å². The van der Waals surface area contributed by atoms with E-state index >= 15 is 0 Å². The van der Waals surface area contributed by atoms with Crippen LogP contribution in [0.25, 0.3) is 21.1 Å². The standard InChI is InChI=1S/C30H34N2O5S/c1-3-36-29(34)9-6-15-32(19-22-10-11-23-13-16-37-26(23)17-22)30(35)21(2)12-14-31-28(33)18-24-20-38-27-8-5-4-7-25(24)27/h4-5,7-8,10-11,13,16-17,20-21H,3,6,9,12,14-15,18-19H2,1-2H3,(H,31,33). The highest BCUT2D eigenvalue weighted by atomic mass is 32.1. The molecule has 2 aromatic heterocycles. The Bertz CT molecular complexity index is 1390. The van der Waals surface area contributed by atoms with Crippen molar-refractivity contribution in [1.82, 2.24) is 10.2 Å². The van der Waals surface area contributed by atoms with Crippen molar-refractivity contribution in [3.63, 3.8) is 0 Å². The molecule has 38 heavy (non-hydrogen) atoms. The van der Waals surface area contributed by atoms with Crippen molar-refractivity contribution >= 4 is 50.2 Å². The molecule has 0 spiro atoms. The molecule has 4 rings (SSSR count). The van der Waals surface area contributed by atoms with Crippen molar-refractivity contribution < 1.29 is 23.5 Å². The van der Waals surface area contributed by atoms with E-state index in [0.29, 0.717) is 45.5 Å². The van der Waals surface area contributed by atoms with Crippen LogP contribution in [0.5, 0.6) is 0 Å². The summed E-state index contributed by atoms with van der Waals surface area (Å²) in [6, 6.07) is 15.9. The van der Waals surface area contributed by atoms with Crippen LogP contribution in [0.1, 0.15) is 44.2 Å². The molecule has 0 bridgehead atoms. The van der Waals surface area contributed by atoms with E-state index in [1.807, 2.05) is 54.8 Å². The number of nitrogens with one attached hydrogen (secondary N) is 1. The number of thiophene rings is 1. The van der Waals surface area contributed by atoms with Gasteiger partial charge in [-0.2, -0.15) is 0 Å². The van der Waals surface area contributed by atoms with E-state index in [1.54, 1.807) is 29.4 Å². The zero-order chi connectivity index (χ0) is 26.9. The Kier molecular flexibility index (Phi) is 9.54. The van der Waals surface area contributed by atoms with Gasteiger partial charge in [0.1, 0.15) is 5.58 Å². The highest BCUT2D eigenvalue weighted by Crippen LogP contribution is 2.26. The van der Waals surface area contributed by atoms with Crippen LogP contribution >= 0.6 is 11.3 Å². The largest absolute Gasteiger partial charge is 0.466 e. The van der Waals surface area contributed by atoms with Gasteiger partial charge in [0.25, 0.3) is 0 Å². The second-order valence-corrected chi connectivity index (χ2v) is 10.3. The SMILES string of the molecule is CCOC(=O)CCCN(Cc1ccc2ccoc2c1)C(=O)C(C)CCNC(=O)Cc1csc2ccccc12. The maximum absolute atomic E-state index is 13.4. The van der Waals surface area contributed by atoms with E-state index in [0.717, 1.165) is 27.5 Å². The summed E-state index contributed by atoms with van der Waals surface area (Å²) in [5.41, 5.74) is 2.75. The molecule has 2 heterocycles. The highest BCUT2D eigenvalue weighted by molar-refractivity contribution is 7.17. The molecule has 0 saturated heterocycles. The van der Waals surface area contributed by atoms with Gasteiger partial charge in [-0.15, -0.1) is 11.3 Å². The minimum atomic E-state index is -0.285. The Balaban J connectivity index is 1.32. The lowest BCUT2D eigenvalue weighted by molar-refractivity contribution is -0.144. The van der Waals surface area contributed by atoms with E-state index in [9.17, 15) is 14.4 Å². The van der Waals surface area contributed by atoms with Crippen LogP contribution in [-0.2, 0) is 32.1 Å². The van der Waals surface area contributed by atoms with Crippen molar-refractivity contribution in [3.05, 3.63) is 71.3 Å². The predicted octanol–water partition coefficient (Wildman–Crippen LogP) is 5.70. The van der Waals surface area contributed by atoms with Gasteiger partial charge in [-0.3, -0.25) is 14.4 Å². The van der Waals surface area contributed by atoms with Crippen LogP contribution in [0.3, 0.4) is 0 Å². The molecule has 7 nitrogen and oxygen atoms in total. The molecule has 0 saturated carbocycles. The van der Waals surface area contributed by atoms with E-state index in [-0.39, 0.29) is 30.1 Å². The molecule has 8 heteroatoms. The summed E-state index contributed by atoms with van der Waals surface area (Å²) in [6.07, 6.45) is 3.28. The van der Waals surface area contributed by atoms with Crippen LogP contribution in [0.15, 0.2) is 64.6 Å². The summed E-state index contributed by atoms with van der Waals surface area (Å²) >= 11 is 1.64. The quantitative estimate of drug-likeness (QED) is 0.222. The first kappa shape index (κ1) is 27.4. The van der Waals surface area contributed by atoms with Gasteiger partial charge in [0.05, 0.1) is 19.3 Å². The molecule has 1 N–H and O–H groups in total. The fourth-order valence-corrected chi connectivity index (χ4v) is 5.46. The number of carbonyl (C=O) groups is 3. The van der Waals surface area contributed by atoms with Gasteiger partial charge in [-0.25, -0.2) is 0 Å². The average Bonchev–Trinajstić information content (AvgIpc) is 3.54. The highest BCUT2D eigenvalue weighted by Gasteiger charge is 2.21. The van der Waals surface area contributed by atoms with Crippen LogP contribution in [0.2, 0.25) is 0 Å². The predicted molar refractivity (Wildman–Crippen MR) is 150 cm³/mol. The van der Waals surface area contributed by atoms with Crippen LogP contribution in [0, 0.1) is 5.92 Å². The Hall–Kier alpha value is -3.65. The average molecular weight is 535 g/mol. The summed E-state index contributed by atoms with van der Waals surface area (Å²) in [4.78, 5) is 39.6. The minimum absolute atomic E-state index is 0.00789. The normalized spacial score (nSPS) is 11.9. The number of rotatable bonds is 13. The zero-order valence-corrected chi connectivity index (χ0v) is 22.7. The summed E-state index contributed by atoms with van der Waals surface area (Å²) in [5.74, 6) is -0.601. The smallest absolute Gasteiger partial charge is 0.305 e. The number of fused-ring (bicyclic) bond motifs is 2. The van der Waals surface area contributed by atoms with E-state index in [1.165, 1.54) is 4.70 Å². The molecule has 4 aromatic rings. The number of hydrogen-bond donors (Lipinski definition) is 1. The van der Waals surface area contributed by atoms with Crippen molar-refractivity contribution in [1.29, 1.82) is 0 Å². The molecule has 0 aliphatic carbocycles. The Labute approximate surface area is 226 Å². The molecule has 1 atom stereocenters. The summed E-state index contributed by atoms with van der Waals surface area (Å²) in [6.45, 7) is 5.28. The Morgan fingerprint density at radius 2 is 1.97 bits per heavy atom. The third-order valence-corrected chi connectivity index (χ3v) is 7.57. The van der Waals surface area contributed by atoms with Gasteiger partial charge in [-0.05, 0) is 59.9 Å².